The summed E-state index contributed by atoms with van der Waals surface area (Å²) in [5.41, 5.74) is 1.61. The number of benzene rings is 1. The van der Waals surface area contributed by atoms with E-state index >= 15 is 0 Å². The van der Waals surface area contributed by atoms with Crippen LogP contribution < -0.4 is 10.1 Å². The minimum Gasteiger partial charge on any atom is -0.488 e. The number of carbonyl (C=O) groups is 1. The fraction of sp³-hybridized carbons (Fsp3) is 0.438. The van der Waals surface area contributed by atoms with Crippen molar-refractivity contribution in [3.05, 3.63) is 35.4 Å². The Labute approximate surface area is 119 Å². The Morgan fingerprint density at radius 1 is 1.40 bits per heavy atom. The molecule has 4 heteroatoms. The molecule has 20 heavy (non-hydrogen) atoms. The van der Waals surface area contributed by atoms with Crippen LogP contribution in [0.15, 0.2) is 29.8 Å². The van der Waals surface area contributed by atoms with Gasteiger partial charge in [-0.15, -0.1) is 0 Å². The lowest BCUT2D eigenvalue weighted by Gasteiger charge is -2.17. The van der Waals surface area contributed by atoms with Crippen molar-refractivity contribution in [1.29, 1.82) is 0 Å². The van der Waals surface area contributed by atoms with E-state index in [1.54, 1.807) is 0 Å². The zero-order valence-corrected chi connectivity index (χ0v) is 12.0. The number of amides is 1. The van der Waals surface area contributed by atoms with E-state index in [0.717, 1.165) is 17.7 Å². The van der Waals surface area contributed by atoms with Crippen LogP contribution >= 0.6 is 0 Å². The molecule has 1 aliphatic heterocycles. The standard InChI is InChI=1S/C16H21NO3/c1-12(2)19-9-5-8-17-16(18)14-10-13-6-3-4-7-15(13)20-11-14/h3-4,6-7,10,12H,5,8-9,11H2,1-2H3,(H,17,18). The minimum atomic E-state index is -0.0657. The van der Waals surface area contributed by atoms with Gasteiger partial charge in [-0.05, 0) is 32.4 Å². The first kappa shape index (κ1) is 14.6. The van der Waals surface area contributed by atoms with Gasteiger partial charge in [0.25, 0.3) is 5.91 Å². The third kappa shape index (κ3) is 4.10. The van der Waals surface area contributed by atoms with E-state index in [0.29, 0.717) is 25.3 Å². The molecule has 0 radical (unpaired) electrons. The van der Waals surface area contributed by atoms with Gasteiger partial charge in [0.05, 0.1) is 11.7 Å². The fourth-order valence-corrected chi connectivity index (χ4v) is 1.95. The largest absolute Gasteiger partial charge is 0.488 e. The molecule has 0 saturated carbocycles. The number of para-hydroxylation sites is 1. The number of nitrogens with one attached hydrogen (secondary N) is 1. The Morgan fingerprint density at radius 3 is 3.00 bits per heavy atom. The normalized spacial score (nSPS) is 13.4. The zero-order valence-electron chi connectivity index (χ0n) is 12.0. The molecule has 108 valence electrons. The number of hydrogen-bond donors (Lipinski definition) is 1. The molecule has 1 heterocycles. The molecule has 0 fully saturated rings. The second-order valence-electron chi connectivity index (χ2n) is 5.03. The molecule has 0 bridgehead atoms. The summed E-state index contributed by atoms with van der Waals surface area (Å²) >= 11 is 0. The Kier molecular flexibility index (Phi) is 5.18. The highest BCUT2D eigenvalue weighted by molar-refractivity contribution is 5.99. The van der Waals surface area contributed by atoms with Gasteiger partial charge in [0, 0.05) is 18.7 Å². The van der Waals surface area contributed by atoms with Gasteiger partial charge in [-0.3, -0.25) is 4.79 Å². The lowest BCUT2D eigenvalue weighted by molar-refractivity contribution is -0.117. The molecule has 1 amide bonds. The van der Waals surface area contributed by atoms with Crippen molar-refractivity contribution in [2.24, 2.45) is 0 Å². The van der Waals surface area contributed by atoms with E-state index < -0.39 is 0 Å². The van der Waals surface area contributed by atoms with Crippen molar-refractivity contribution in [3.63, 3.8) is 0 Å². The van der Waals surface area contributed by atoms with Crippen LogP contribution in [0.2, 0.25) is 0 Å². The molecule has 0 unspecified atom stereocenters. The van der Waals surface area contributed by atoms with Crippen LogP contribution in [0.1, 0.15) is 25.8 Å². The van der Waals surface area contributed by atoms with Gasteiger partial charge in [0.1, 0.15) is 12.4 Å². The van der Waals surface area contributed by atoms with Crippen molar-refractivity contribution in [1.82, 2.24) is 5.32 Å². The lowest BCUT2D eigenvalue weighted by Crippen LogP contribution is -2.30. The van der Waals surface area contributed by atoms with E-state index in [2.05, 4.69) is 5.32 Å². The number of fused-ring (bicyclic) bond motifs is 1. The molecular weight excluding hydrogens is 254 g/mol. The van der Waals surface area contributed by atoms with Gasteiger partial charge < -0.3 is 14.8 Å². The molecule has 0 saturated heterocycles. The van der Waals surface area contributed by atoms with Crippen molar-refractivity contribution in [3.8, 4) is 5.75 Å². The maximum atomic E-state index is 12.0. The average molecular weight is 275 g/mol. The Hall–Kier alpha value is -1.81. The van der Waals surface area contributed by atoms with Gasteiger partial charge in [0.15, 0.2) is 0 Å². The van der Waals surface area contributed by atoms with Crippen LogP contribution in [-0.4, -0.2) is 31.8 Å². The monoisotopic (exact) mass is 275 g/mol. The summed E-state index contributed by atoms with van der Waals surface area (Å²) in [5.74, 6) is 0.762. The smallest absolute Gasteiger partial charge is 0.250 e. The quantitative estimate of drug-likeness (QED) is 0.811. The van der Waals surface area contributed by atoms with E-state index in [1.165, 1.54) is 0 Å². The molecule has 0 spiro atoms. The van der Waals surface area contributed by atoms with Crippen LogP contribution in [0.3, 0.4) is 0 Å². The Bertz CT molecular complexity index is 494. The molecule has 1 aromatic rings. The van der Waals surface area contributed by atoms with E-state index in [4.69, 9.17) is 9.47 Å². The molecule has 0 atom stereocenters. The zero-order chi connectivity index (χ0) is 14.4. The first-order valence-corrected chi connectivity index (χ1v) is 6.99. The number of carbonyl (C=O) groups excluding carboxylic acids is 1. The maximum absolute atomic E-state index is 12.0. The SMILES string of the molecule is CC(C)OCCCNC(=O)C1=Cc2ccccc2OC1. The first-order chi connectivity index (χ1) is 9.66. The van der Waals surface area contributed by atoms with Crippen LogP contribution in [-0.2, 0) is 9.53 Å². The summed E-state index contributed by atoms with van der Waals surface area (Å²) in [6.07, 6.45) is 2.93. The highest BCUT2D eigenvalue weighted by Crippen LogP contribution is 2.25. The van der Waals surface area contributed by atoms with E-state index in [1.807, 2.05) is 44.2 Å². The fourth-order valence-electron chi connectivity index (χ4n) is 1.95. The molecular formula is C16H21NO3. The van der Waals surface area contributed by atoms with Crippen LogP contribution in [0.25, 0.3) is 6.08 Å². The summed E-state index contributed by atoms with van der Waals surface area (Å²) in [4.78, 5) is 12.0. The number of ether oxygens (including phenoxy) is 2. The van der Waals surface area contributed by atoms with Gasteiger partial charge in [-0.25, -0.2) is 0 Å². The van der Waals surface area contributed by atoms with Crippen molar-refractivity contribution >= 4 is 12.0 Å². The highest BCUT2D eigenvalue weighted by Gasteiger charge is 2.16. The van der Waals surface area contributed by atoms with Gasteiger partial charge in [-0.2, -0.15) is 0 Å². The summed E-state index contributed by atoms with van der Waals surface area (Å²) < 4.78 is 11.0. The van der Waals surface area contributed by atoms with E-state index in [9.17, 15) is 4.79 Å². The topological polar surface area (TPSA) is 47.6 Å². The molecule has 1 aliphatic rings. The second-order valence-corrected chi connectivity index (χ2v) is 5.03. The number of rotatable bonds is 6. The molecule has 1 N–H and O–H groups in total. The van der Waals surface area contributed by atoms with Crippen LogP contribution in [0.5, 0.6) is 5.75 Å². The third-order valence-corrected chi connectivity index (χ3v) is 2.98. The Balaban J connectivity index is 1.81. The van der Waals surface area contributed by atoms with Gasteiger partial charge in [0.2, 0.25) is 0 Å². The predicted octanol–water partition coefficient (Wildman–Crippen LogP) is 2.39. The maximum Gasteiger partial charge on any atom is 0.250 e. The average Bonchev–Trinajstić information content (AvgIpc) is 2.46. The minimum absolute atomic E-state index is 0.0657. The molecule has 1 aromatic carbocycles. The van der Waals surface area contributed by atoms with Crippen LogP contribution in [0, 0.1) is 0 Å². The summed E-state index contributed by atoms with van der Waals surface area (Å²) in [6, 6.07) is 7.71. The van der Waals surface area contributed by atoms with E-state index in [-0.39, 0.29) is 12.0 Å². The van der Waals surface area contributed by atoms with Crippen molar-refractivity contribution in [2.45, 2.75) is 26.4 Å². The van der Waals surface area contributed by atoms with Gasteiger partial charge >= 0.3 is 0 Å². The molecule has 0 aliphatic carbocycles. The lowest BCUT2D eigenvalue weighted by atomic mass is 10.1. The summed E-state index contributed by atoms with van der Waals surface area (Å²) in [6.45, 7) is 5.60. The molecule has 2 rings (SSSR count). The van der Waals surface area contributed by atoms with Gasteiger partial charge in [-0.1, -0.05) is 18.2 Å². The third-order valence-electron chi connectivity index (χ3n) is 2.98. The second kappa shape index (κ2) is 7.10. The summed E-state index contributed by atoms with van der Waals surface area (Å²) in [5, 5.41) is 2.89. The highest BCUT2D eigenvalue weighted by atomic mass is 16.5. The Morgan fingerprint density at radius 2 is 2.20 bits per heavy atom. The molecule has 4 nitrogen and oxygen atoms in total. The van der Waals surface area contributed by atoms with Crippen molar-refractivity contribution in [2.75, 3.05) is 19.8 Å². The predicted molar refractivity (Wildman–Crippen MR) is 78.6 cm³/mol. The summed E-state index contributed by atoms with van der Waals surface area (Å²) in [7, 11) is 0. The molecule has 0 aromatic heterocycles. The van der Waals surface area contributed by atoms with Crippen molar-refractivity contribution < 1.29 is 14.3 Å². The van der Waals surface area contributed by atoms with Crippen LogP contribution in [0.4, 0.5) is 0 Å². The number of hydrogen-bond acceptors (Lipinski definition) is 3. The first-order valence-electron chi connectivity index (χ1n) is 6.99.